The fourth-order valence-corrected chi connectivity index (χ4v) is 8.10. The van der Waals surface area contributed by atoms with Crippen molar-refractivity contribution in [2.45, 2.75) is 88.1 Å². The summed E-state index contributed by atoms with van der Waals surface area (Å²) in [4.78, 5) is 79.2. The zero-order chi connectivity index (χ0) is 53.8. The van der Waals surface area contributed by atoms with Crippen LogP contribution in [0, 0.1) is 12.3 Å². The third-order valence-electron chi connectivity index (χ3n) is 10.8. The number of nitrogens with one attached hydrogen (secondary N) is 5. The molecule has 1 aliphatic rings. The number of benzene rings is 1. The molecule has 4 atom stereocenters. The smallest absolute Gasteiger partial charge is 0.408 e. The Kier molecular flexibility index (Phi) is 28.1. The van der Waals surface area contributed by atoms with Crippen molar-refractivity contribution >= 4 is 81.8 Å². The number of hydrogen-bond donors (Lipinski definition) is 6. The summed E-state index contributed by atoms with van der Waals surface area (Å²) in [5.74, 6) is -1.26. The number of ether oxygens (including phenoxy) is 7. The van der Waals surface area contributed by atoms with Crippen LogP contribution in [0.15, 0.2) is 48.2 Å². The van der Waals surface area contributed by atoms with E-state index in [1.807, 2.05) is 52.0 Å². The number of likely N-dealkylation sites (tertiary alicyclic amines) is 1. The number of aliphatic hydroxyl groups excluding tert-OH is 1. The van der Waals surface area contributed by atoms with Gasteiger partial charge in [-0.3, -0.25) is 24.5 Å². The molecule has 5 amide bonds. The lowest BCUT2D eigenvalue weighted by Gasteiger charge is -2.35. The summed E-state index contributed by atoms with van der Waals surface area (Å²) in [5.41, 5.74) is 4.01. The molecule has 0 radical (unpaired) electrons. The van der Waals surface area contributed by atoms with Crippen molar-refractivity contribution in [2.24, 2.45) is 5.41 Å². The maximum absolute atomic E-state index is 13.9. The lowest BCUT2D eigenvalue weighted by molar-refractivity contribution is -0.144. The number of rotatable bonds is 34. The first kappa shape index (κ1) is 62.0. The molecule has 2 aromatic heterocycles. The van der Waals surface area contributed by atoms with Gasteiger partial charge in [0, 0.05) is 51.3 Å². The van der Waals surface area contributed by atoms with Crippen LogP contribution in [0.25, 0.3) is 10.4 Å². The number of aromatic nitrogens is 3. The Labute approximate surface area is 450 Å². The molecule has 3 heterocycles. The molecule has 26 heteroatoms. The highest BCUT2D eigenvalue weighted by Gasteiger charge is 2.44. The highest BCUT2D eigenvalue weighted by Crippen LogP contribution is 2.31. The summed E-state index contributed by atoms with van der Waals surface area (Å²) >= 11 is 19.4. The summed E-state index contributed by atoms with van der Waals surface area (Å²) in [5, 5.41) is 24.1. The Bertz CT molecular complexity index is 2140. The van der Waals surface area contributed by atoms with Crippen LogP contribution in [0.1, 0.15) is 57.7 Å². The SMILES string of the molecule is Cc1ncsc1-c1ccc(CNC(=O)[C@@H]2C[C@@H](O)CN2C(=O)[C@@H](NC(=O)CCOCCOCCOCCOCCOCCOCCC(=O)NCCCOC(=O)NC(Nc2ncccn2)C(Cl)(Cl)Cl)C(C)(C)C)cc1. The van der Waals surface area contributed by atoms with E-state index in [-0.39, 0.29) is 89.0 Å². The minimum Gasteiger partial charge on any atom is -0.449 e. The monoisotopic (exact) mass is 1120 g/mol. The van der Waals surface area contributed by atoms with Gasteiger partial charge in [0.2, 0.25) is 33.4 Å². The third-order valence-corrected chi connectivity index (χ3v) is 12.5. The molecule has 0 spiro atoms. The van der Waals surface area contributed by atoms with Crippen LogP contribution in [-0.2, 0) is 58.9 Å². The second-order valence-electron chi connectivity index (χ2n) is 17.8. The standard InChI is InChI=1S/C48H70Cl3N9O13S/c1-33-40(74-32-56-33)35-9-7-34(8-10-35)30-55-42(64)37-29-36(61)31-60(37)43(65)41(47(2,3)4)57-39(63)12-18-68-20-22-70-24-26-72-28-27-71-25-23-69-21-19-67-17-11-38(62)52-15-6-16-73-46(66)59-44(48(49,50)51)58-45-53-13-5-14-54-45/h5,7-10,13-14,32,36-37,41,44,61H,6,11-12,15-31H2,1-4H3,(H,52,62)(H,55,64)(H,57,63)(H,59,66)(H,53,54,58)/t36-,37+,41-,44?/m1/s1. The molecule has 74 heavy (non-hydrogen) atoms. The van der Waals surface area contributed by atoms with Crippen LogP contribution in [0.4, 0.5) is 10.7 Å². The zero-order valence-electron chi connectivity index (χ0n) is 42.2. The van der Waals surface area contributed by atoms with Gasteiger partial charge in [-0.25, -0.2) is 19.7 Å². The van der Waals surface area contributed by atoms with Crippen molar-refractivity contribution in [2.75, 3.05) is 104 Å². The molecule has 22 nitrogen and oxygen atoms in total. The number of carbonyl (C=O) groups excluding carboxylic acids is 5. The number of amides is 5. The van der Waals surface area contributed by atoms with E-state index in [1.54, 1.807) is 22.9 Å². The van der Waals surface area contributed by atoms with E-state index in [2.05, 4.69) is 41.5 Å². The van der Waals surface area contributed by atoms with Gasteiger partial charge in [0.1, 0.15) is 12.1 Å². The molecule has 0 saturated carbocycles. The molecule has 4 rings (SSSR count). The summed E-state index contributed by atoms with van der Waals surface area (Å²) in [6.45, 7) is 11.7. The van der Waals surface area contributed by atoms with Crippen molar-refractivity contribution < 1.29 is 62.2 Å². The van der Waals surface area contributed by atoms with Gasteiger partial charge in [-0.2, -0.15) is 0 Å². The average molecular weight is 1120 g/mol. The number of nitrogens with zero attached hydrogens (tertiary/aromatic N) is 4. The first-order valence-corrected chi connectivity index (χ1v) is 26.3. The second-order valence-corrected chi connectivity index (χ2v) is 21.0. The van der Waals surface area contributed by atoms with Gasteiger partial charge >= 0.3 is 6.09 Å². The van der Waals surface area contributed by atoms with E-state index in [0.29, 0.717) is 65.9 Å². The number of alkyl halides is 3. The fourth-order valence-electron chi connectivity index (χ4n) is 6.96. The summed E-state index contributed by atoms with van der Waals surface area (Å²) in [7, 11) is 0. The van der Waals surface area contributed by atoms with Gasteiger partial charge in [-0.05, 0) is 36.0 Å². The third kappa shape index (κ3) is 24.0. The number of anilines is 1. The quantitative estimate of drug-likeness (QED) is 0.0281. The van der Waals surface area contributed by atoms with Gasteiger partial charge in [0.05, 0.1) is 108 Å². The fraction of sp³-hybridized carbons (Fsp3) is 0.625. The van der Waals surface area contributed by atoms with Crippen LogP contribution < -0.4 is 26.6 Å². The molecule has 3 aromatic rings. The van der Waals surface area contributed by atoms with Crippen molar-refractivity contribution in [3.63, 3.8) is 0 Å². The van der Waals surface area contributed by atoms with E-state index in [9.17, 15) is 29.1 Å². The molecule has 1 aromatic carbocycles. The van der Waals surface area contributed by atoms with Crippen molar-refractivity contribution in [1.82, 2.24) is 41.1 Å². The molecule has 1 fully saturated rings. The van der Waals surface area contributed by atoms with Crippen LogP contribution in [0.5, 0.6) is 0 Å². The minimum absolute atomic E-state index is 0.00718. The topological polar surface area (TPSA) is 272 Å². The van der Waals surface area contributed by atoms with E-state index < -0.39 is 45.6 Å². The second kappa shape index (κ2) is 33.5. The van der Waals surface area contributed by atoms with Crippen molar-refractivity contribution in [3.8, 4) is 10.4 Å². The Hall–Kier alpha value is -4.53. The lowest BCUT2D eigenvalue weighted by atomic mass is 9.85. The molecule has 1 unspecified atom stereocenters. The summed E-state index contributed by atoms with van der Waals surface area (Å²) in [6, 6.07) is 7.62. The molecule has 1 saturated heterocycles. The first-order chi connectivity index (χ1) is 35.4. The summed E-state index contributed by atoms with van der Waals surface area (Å²) < 4.78 is 36.2. The van der Waals surface area contributed by atoms with Crippen molar-refractivity contribution in [1.29, 1.82) is 0 Å². The average Bonchev–Trinajstić information content (AvgIpc) is 3.98. The molecule has 1 aliphatic heterocycles. The largest absolute Gasteiger partial charge is 0.449 e. The number of thiazole rings is 1. The van der Waals surface area contributed by atoms with Gasteiger partial charge in [0.25, 0.3) is 0 Å². The molecular weight excluding hydrogens is 1050 g/mol. The number of aliphatic hydroxyl groups is 1. The van der Waals surface area contributed by atoms with Gasteiger partial charge in [0.15, 0.2) is 6.17 Å². The molecule has 0 bridgehead atoms. The van der Waals surface area contributed by atoms with E-state index >= 15 is 0 Å². The maximum atomic E-state index is 13.9. The maximum Gasteiger partial charge on any atom is 0.408 e. The zero-order valence-corrected chi connectivity index (χ0v) is 45.3. The number of halogens is 3. The predicted molar refractivity (Wildman–Crippen MR) is 278 cm³/mol. The first-order valence-electron chi connectivity index (χ1n) is 24.2. The lowest BCUT2D eigenvalue weighted by Crippen LogP contribution is -2.57. The molecule has 0 aliphatic carbocycles. The Balaban J connectivity index is 0.925. The predicted octanol–water partition coefficient (Wildman–Crippen LogP) is 3.94. The van der Waals surface area contributed by atoms with Crippen molar-refractivity contribution in [3.05, 3.63) is 59.5 Å². The number of hydrogen-bond acceptors (Lipinski definition) is 18. The van der Waals surface area contributed by atoms with Gasteiger partial charge in [-0.1, -0.05) is 79.8 Å². The normalized spacial score (nSPS) is 15.5. The molecule has 6 N–H and O–H groups in total. The highest BCUT2D eigenvalue weighted by atomic mass is 35.6. The summed E-state index contributed by atoms with van der Waals surface area (Å²) in [6.07, 6.45) is 0.689. The number of alkyl carbamates (subject to hydrolysis) is 1. The van der Waals surface area contributed by atoms with E-state index in [4.69, 9.17) is 68.0 Å². The van der Waals surface area contributed by atoms with E-state index in [1.165, 1.54) is 17.3 Å². The van der Waals surface area contributed by atoms with Gasteiger partial charge in [-0.15, -0.1) is 11.3 Å². The Morgan fingerprint density at radius 3 is 1.84 bits per heavy atom. The van der Waals surface area contributed by atoms with Crippen LogP contribution in [0.2, 0.25) is 0 Å². The molecule has 412 valence electrons. The van der Waals surface area contributed by atoms with Gasteiger partial charge < -0.3 is 64.4 Å². The van der Waals surface area contributed by atoms with Crippen LogP contribution in [-0.4, -0.2) is 182 Å². The number of carbonyl (C=O) groups is 5. The Morgan fingerprint density at radius 1 is 0.757 bits per heavy atom. The Morgan fingerprint density at radius 2 is 1.31 bits per heavy atom. The number of β-amino-alcohol motifs (C(OH)–C–C–N with tert-alkyl or cyclic N) is 1. The highest BCUT2D eigenvalue weighted by molar-refractivity contribution is 7.13. The molecular formula is C48H70Cl3N9O13S. The minimum atomic E-state index is -1.93. The van der Waals surface area contributed by atoms with Crippen LogP contribution >= 0.6 is 46.1 Å². The van der Waals surface area contributed by atoms with Crippen LogP contribution in [0.3, 0.4) is 0 Å². The van der Waals surface area contributed by atoms with E-state index in [0.717, 1.165) is 21.7 Å². The number of aryl methyl sites for hydroxylation is 1.